The van der Waals surface area contributed by atoms with Gasteiger partial charge in [-0.25, -0.2) is 9.78 Å². The van der Waals surface area contributed by atoms with Gasteiger partial charge in [-0.15, -0.1) is 0 Å². The number of Topliss-reactive ketones (excluding diaryl/α,β-unsaturated/α-hetero) is 1. The van der Waals surface area contributed by atoms with E-state index in [1.165, 1.54) is 0 Å². The topological polar surface area (TPSA) is 60.2 Å². The van der Waals surface area contributed by atoms with Crippen molar-refractivity contribution in [3.8, 4) is 0 Å². The molecule has 0 radical (unpaired) electrons. The second-order valence-corrected chi connectivity index (χ2v) is 4.88. The number of aryl methyl sites for hydroxylation is 1. The van der Waals surface area contributed by atoms with E-state index < -0.39 is 5.63 Å². The summed E-state index contributed by atoms with van der Waals surface area (Å²) in [6.45, 7) is 1.95. The first-order valence-electron chi connectivity index (χ1n) is 6.62. The number of benzene rings is 2. The van der Waals surface area contributed by atoms with Crippen LogP contribution in [0.25, 0.3) is 11.1 Å². The summed E-state index contributed by atoms with van der Waals surface area (Å²) in [4.78, 5) is 28.3. The number of hydrogen-bond acceptors (Lipinski definition) is 4. The summed E-state index contributed by atoms with van der Waals surface area (Å²) in [6.07, 6.45) is -0.0593. The molecule has 0 aliphatic heterocycles. The van der Waals surface area contributed by atoms with Crippen molar-refractivity contribution in [1.82, 2.24) is 4.98 Å². The molecule has 0 saturated heterocycles. The molecule has 0 bridgehead atoms. The predicted molar refractivity (Wildman–Crippen MR) is 79.5 cm³/mol. The Morgan fingerprint density at radius 3 is 2.57 bits per heavy atom. The molecule has 0 atom stereocenters. The quantitative estimate of drug-likeness (QED) is 0.692. The molecule has 3 rings (SSSR count). The molecule has 0 aliphatic rings. The summed E-state index contributed by atoms with van der Waals surface area (Å²) in [7, 11) is 0. The SMILES string of the molecule is Cc1ccc(C(=O)Cc2nc3ccccc3oc2=O)cc1. The second-order valence-electron chi connectivity index (χ2n) is 4.88. The second kappa shape index (κ2) is 5.32. The van der Waals surface area contributed by atoms with Crippen LogP contribution in [0.5, 0.6) is 0 Å². The highest BCUT2D eigenvalue weighted by Crippen LogP contribution is 2.11. The van der Waals surface area contributed by atoms with Crippen molar-refractivity contribution in [2.24, 2.45) is 0 Å². The Bertz CT molecular complexity index is 863. The van der Waals surface area contributed by atoms with E-state index in [2.05, 4.69) is 4.98 Å². The van der Waals surface area contributed by atoms with E-state index in [0.717, 1.165) is 5.56 Å². The Hall–Kier alpha value is -2.75. The molecular formula is C17H13NO3. The molecule has 21 heavy (non-hydrogen) atoms. The molecule has 0 fully saturated rings. The fraction of sp³-hybridized carbons (Fsp3) is 0.118. The largest absolute Gasteiger partial charge is 0.420 e. The average Bonchev–Trinajstić information content (AvgIpc) is 2.48. The number of rotatable bonds is 3. The lowest BCUT2D eigenvalue weighted by atomic mass is 10.1. The molecule has 4 heteroatoms. The van der Waals surface area contributed by atoms with E-state index in [1.54, 1.807) is 36.4 Å². The highest BCUT2D eigenvalue weighted by atomic mass is 16.4. The number of aromatic nitrogens is 1. The van der Waals surface area contributed by atoms with Gasteiger partial charge < -0.3 is 4.42 Å². The molecule has 0 amide bonds. The molecule has 2 aromatic carbocycles. The van der Waals surface area contributed by atoms with E-state index in [9.17, 15) is 9.59 Å². The fourth-order valence-corrected chi connectivity index (χ4v) is 2.09. The number of fused-ring (bicyclic) bond motifs is 1. The van der Waals surface area contributed by atoms with E-state index in [0.29, 0.717) is 16.7 Å². The van der Waals surface area contributed by atoms with Crippen molar-refractivity contribution >= 4 is 16.9 Å². The van der Waals surface area contributed by atoms with E-state index in [4.69, 9.17) is 4.42 Å². The van der Waals surface area contributed by atoms with Gasteiger partial charge in [-0.3, -0.25) is 4.79 Å². The van der Waals surface area contributed by atoms with E-state index in [1.807, 2.05) is 19.1 Å². The van der Waals surface area contributed by atoms with Gasteiger partial charge in [0.1, 0.15) is 11.2 Å². The molecule has 104 valence electrons. The third-order valence-electron chi connectivity index (χ3n) is 3.26. The molecule has 0 N–H and O–H groups in total. The summed E-state index contributed by atoms with van der Waals surface area (Å²) in [5.74, 6) is -0.148. The molecule has 3 aromatic rings. The van der Waals surface area contributed by atoms with Crippen LogP contribution in [0.2, 0.25) is 0 Å². The van der Waals surface area contributed by atoms with Gasteiger partial charge in [0.25, 0.3) is 0 Å². The first-order chi connectivity index (χ1) is 10.1. The number of nitrogens with zero attached hydrogens (tertiary/aromatic N) is 1. The van der Waals surface area contributed by atoms with Crippen LogP contribution < -0.4 is 5.63 Å². The fourth-order valence-electron chi connectivity index (χ4n) is 2.09. The zero-order chi connectivity index (χ0) is 14.8. The summed E-state index contributed by atoms with van der Waals surface area (Å²) >= 11 is 0. The number of para-hydroxylation sites is 2. The van der Waals surface area contributed by atoms with Crippen LogP contribution >= 0.6 is 0 Å². The zero-order valence-corrected chi connectivity index (χ0v) is 11.5. The molecule has 0 saturated carbocycles. The van der Waals surface area contributed by atoms with Gasteiger partial charge in [-0.2, -0.15) is 0 Å². The van der Waals surface area contributed by atoms with Gasteiger partial charge in [0.15, 0.2) is 11.4 Å². The van der Waals surface area contributed by atoms with Crippen molar-refractivity contribution in [3.05, 3.63) is 75.8 Å². The van der Waals surface area contributed by atoms with Crippen LogP contribution in [0.15, 0.2) is 57.7 Å². The normalized spacial score (nSPS) is 10.7. The van der Waals surface area contributed by atoms with Crippen molar-refractivity contribution in [2.45, 2.75) is 13.3 Å². The van der Waals surface area contributed by atoms with Gasteiger partial charge in [-0.05, 0) is 19.1 Å². The van der Waals surface area contributed by atoms with Crippen molar-refractivity contribution in [3.63, 3.8) is 0 Å². The highest BCUT2D eigenvalue weighted by molar-refractivity contribution is 5.97. The lowest BCUT2D eigenvalue weighted by Gasteiger charge is -2.02. The molecule has 0 spiro atoms. The van der Waals surface area contributed by atoms with Crippen molar-refractivity contribution in [1.29, 1.82) is 0 Å². The maximum atomic E-state index is 12.2. The minimum atomic E-state index is -0.561. The minimum absolute atomic E-state index is 0.0593. The van der Waals surface area contributed by atoms with Gasteiger partial charge >= 0.3 is 5.63 Å². The molecular weight excluding hydrogens is 266 g/mol. The molecule has 0 unspecified atom stereocenters. The number of carbonyl (C=O) groups excluding carboxylic acids is 1. The minimum Gasteiger partial charge on any atom is -0.420 e. The monoisotopic (exact) mass is 279 g/mol. The van der Waals surface area contributed by atoms with Crippen LogP contribution in [-0.4, -0.2) is 10.8 Å². The lowest BCUT2D eigenvalue weighted by Crippen LogP contribution is -2.15. The number of ketones is 1. The summed E-state index contributed by atoms with van der Waals surface area (Å²) in [6, 6.07) is 14.2. The van der Waals surface area contributed by atoms with Crippen molar-refractivity contribution in [2.75, 3.05) is 0 Å². The molecule has 1 heterocycles. The maximum Gasteiger partial charge on any atom is 0.358 e. The molecule has 0 aliphatic carbocycles. The number of carbonyl (C=O) groups is 1. The van der Waals surface area contributed by atoms with Gasteiger partial charge in [-0.1, -0.05) is 42.0 Å². The Kier molecular flexibility index (Phi) is 3.36. The lowest BCUT2D eigenvalue weighted by molar-refractivity contribution is 0.0991. The highest BCUT2D eigenvalue weighted by Gasteiger charge is 2.13. The summed E-state index contributed by atoms with van der Waals surface area (Å²) in [5.41, 5.74) is 2.22. The summed E-state index contributed by atoms with van der Waals surface area (Å²) < 4.78 is 5.18. The van der Waals surface area contributed by atoms with Crippen LogP contribution in [0.4, 0.5) is 0 Å². The Balaban J connectivity index is 1.94. The Morgan fingerprint density at radius 1 is 1.10 bits per heavy atom. The Labute approximate surface area is 121 Å². The zero-order valence-electron chi connectivity index (χ0n) is 11.5. The molecule has 4 nitrogen and oxygen atoms in total. The standard InChI is InChI=1S/C17H13NO3/c1-11-6-8-12(9-7-11)15(19)10-14-17(20)21-16-5-3-2-4-13(16)18-14/h2-9H,10H2,1H3. The third kappa shape index (κ3) is 2.74. The van der Waals surface area contributed by atoms with E-state index in [-0.39, 0.29) is 17.9 Å². The van der Waals surface area contributed by atoms with Gasteiger partial charge in [0.05, 0.1) is 6.42 Å². The first kappa shape index (κ1) is 13.2. The van der Waals surface area contributed by atoms with Crippen LogP contribution in [0.3, 0.4) is 0 Å². The number of hydrogen-bond donors (Lipinski definition) is 0. The van der Waals surface area contributed by atoms with Gasteiger partial charge in [0.2, 0.25) is 0 Å². The predicted octanol–water partition coefficient (Wildman–Crippen LogP) is 2.92. The summed E-state index contributed by atoms with van der Waals surface area (Å²) in [5, 5.41) is 0. The Morgan fingerprint density at radius 2 is 1.81 bits per heavy atom. The van der Waals surface area contributed by atoms with Crippen molar-refractivity contribution < 1.29 is 9.21 Å². The first-order valence-corrected chi connectivity index (χ1v) is 6.62. The maximum absolute atomic E-state index is 12.2. The molecule has 1 aromatic heterocycles. The van der Waals surface area contributed by atoms with Gasteiger partial charge in [0, 0.05) is 5.56 Å². The average molecular weight is 279 g/mol. The van der Waals surface area contributed by atoms with E-state index >= 15 is 0 Å². The van der Waals surface area contributed by atoms with Crippen LogP contribution in [0.1, 0.15) is 21.6 Å². The van der Waals surface area contributed by atoms with Crippen LogP contribution in [0, 0.1) is 6.92 Å². The smallest absolute Gasteiger partial charge is 0.358 e. The third-order valence-corrected chi connectivity index (χ3v) is 3.26. The van der Waals surface area contributed by atoms with Crippen LogP contribution in [-0.2, 0) is 6.42 Å².